The normalized spacial score (nSPS) is 26.1. The third-order valence-electron chi connectivity index (χ3n) is 13.0. The van der Waals surface area contributed by atoms with Gasteiger partial charge in [0, 0.05) is 50.3 Å². The highest BCUT2D eigenvalue weighted by molar-refractivity contribution is 5.91. The summed E-state index contributed by atoms with van der Waals surface area (Å²) in [5, 5.41) is 22.5. The molecule has 362 valence electrons. The van der Waals surface area contributed by atoms with Gasteiger partial charge in [-0.3, -0.25) is 62.3 Å². The number of ether oxygens (including phenoxy) is 2. The van der Waals surface area contributed by atoms with Gasteiger partial charge in [0.1, 0.15) is 0 Å². The van der Waals surface area contributed by atoms with Crippen molar-refractivity contribution in [1.82, 2.24) is 34.7 Å². The van der Waals surface area contributed by atoms with Crippen LogP contribution in [0.4, 0.5) is 4.39 Å². The molecule has 2 amide bonds. The second-order valence-corrected chi connectivity index (χ2v) is 17.6. The summed E-state index contributed by atoms with van der Waals surface area (Å²) in [5.74, 6) is -4.34. The fourth-order valence-electron chi connectivity index (χ4n) is 10.1. The van der Waals surface area contributed by atoms with Crippen molar-refractivity contribution in [2.75, 3.05) is 98.8 Å². The standard InChI is InChI=1S/C24H40N4O6.C14H18N2O6.C5H11N.CH3F/c29-21(25-11-5-1-6-12-25)15-27(17-23(31)32)19-9-3-4-10-20(19)28(18-24(33)34)16-22(30)26-13-7-2-8-14-26;17-11-5-15(6-12(18)21-11)9-3-1-2-4-10(9)16-7-13(19)22-14(20)8-16;1-2-4-6-5-3-1;1-2/h19-20H,1-18H2,(H,31,32)(H,33,34);9-10H,1-8H2;6H,1-5H2;1H3/i;;;1D. The van der Waals surface area contributed by atoms with Crippen LogP contribution in [0.1, 0.15) is 111 Å². The molecule has 3 N–H and O–H groups in total. The summed E-state index contributed by atoms with van der Waals surface area (Å²) in [4.78, 5) is 106. The number of nitrogens with zero attached hydrogens (tertiary/aromatic N) is 6. The molecule has 0 aromatic heterocycles. The maximum absolute atomic E-state index is 13.0. The summed E-state index contributed by atoms with van der Waals surface area (Å²) < 4.78 is 24.6. The van der Waals surface area contributed by atoms with Crippen LogP contribution in [0.3, 0.4) is 0 Å². The molecule has 2 saturated carbocycles. The van der Waals surface area contributed by atoms with Crippen LogP contribution >= 0.6 is 0 Å². The SMILES string of the molecule is C1CCNCC1.O=C(O)CN(CC(=O)N1CCCCC1)C1CCCCC1N(CC(=O)O)CC(=O)N1CCCCC1.O=C1CN(C2CCCCC2N2CC(=O)OC(=O)C2)CC(=O)O1.[2H]CF. The minimum Gasteiger partial charge on any atom is -0.480 e. The number of carboxylic acid groups (broad SMARTS) is 2. The van der Waals surface area contributed by atoms with Gasteiger partial charge in [0.05, 0.1) is 60.9 Å². The minimum absolute atomic E-state index is 0.00838. The topological polar surface area (TPSA) is 227 Å². The first-order valence-electron chi connectivity index (χ1n) is 24.0. The molecule has 7 aliphatic rings. The van der Waals surface area contributed by atoms with Crippen LogP contribution in [0.2, 0.25) is 0 Å². The average Bonchev–Trinajstić information content (AvgIpc) is 3.29. The van der Waals surface area contributed by atoms with Gasteiger partial charge in [0.15, 0.2) is 0 Å². The van der Waals surface area contributed by atoms with Gasteiger partial charge in [-0.2, -0.15) is 0 Å². The third kappa shape index (κ3) is 17.4. The van der Waals surface area contributed by atoms with E-state index in [1.165, 1.54) is 32.4 Å². The third-order valence-corrected chi connectivity index (χ3v) is 13.0. The number of amides is 2. The van der Waals surface area contributed by atoms with Gasteiger partial charge in [0.25, 0.3) is 0 Å². The summed E-state index contributed by atoms with van der Waals surface area (Å²) in [7, 11) is -1.00. The molecule has 2 aliphatic carbocycles. The molecule has 20 heteroatoms. The second kappa shape index (κ2) is 28.0. The van der Waals surface area contributed by atoms with E-state index in [1.807, 2.05) is 19.6 Å². The van der Waals surface area contributed by atoms with Crippen LogP contribution in [0.15, 0.2) is 0 Å². The highest BCUT2D eigenvalue weighted by atomic mass is 19.1. The zero-order valence-corrected chi connectivity index (χ0v) is 37.5. The monoisotopic (exact) mass is 911 g/mol. The summed E-state index contributed by atoms with van der Waals surface area (Å²) in [6.45, 7) is 5.03. The number of hydrogen-bond donors (Lipinski definition) is 3. The van der Waals surface area contributed by atoms with E-state index >= 15 is 0 Å². The van der Waals surface area contributed by atoms with Crippen LogP contribution in [-0.2, 0) is 47.8 Å². The van der Waals surface area contributed by atoms with Gasteiger partial charge in [-0.25, -0.2) is 0 Å². The van der Waals surface area contributed by atoms with E-state index in [0.717, 1.165) is 77.0 Å². The first kappa shape index (κ1) is 50.9. The smallest absolute Gasteiger partial charge is 0.327 e. The molecular formula is C44H72FN7O12. The molecule has 5 saturated heterocycles. The predicted molar refractivity (Wildman–Crippen MR) is 230 cm³/mol. The molecule has 0 aromatic carbocycles. The van der Waals surface area contributed by atoms with Crippen LogP contribution in [0.25, 0.3) is 0 Å². The summed E-state index contributed by atoms with van der Waals surface area (Å²) in [6.07, 6.45) is 17.0. The first-order valence-corrected chi connectivity index (χ1v) is 23.3. The maximum Gasteiger partial charge on any atom is 0.327 e. The molecule has 0 spiro atoms. The molecular weight excluding hydrogens is 838 g/mol. The lowest BCUT2D eigenvalue weighted by Crippen LogP contribution is -2.60. The molecule has 0 radical (unpaired) electrons. The minimum atomic E-state index is -1.01. The highest BCUT2D eigenvalue weighted by Gasteiger charge is 2.42. The van der Waals surface area contributed by atoms with Gasteiger partial charge < -0.3 is 34.8 Å². The fraction of sp³-hybridized carbons (Fsp3) is 0.818. The van der Waals surface area contributed by atoms with Crippen molar-refractivity contribution >= 4 is 47.6 Å². The Morgan fingerprint density at radius 3 is 1.19 bits per heavy atom. The molecule has 4 atom stereocenters. The highest BCUT2D eigenvalue weighted by Crippen LogP contribution is 2.30. The molecule has 19 nitrogen and oxygen atoms in total. The fourth-order valence-corrected chi connectivity index (χ4v) is 10.1. The Hall–Kier alpha value is -4.11. The van der Waals surface area contributed by atoms with Crippen LogP contribution < -0.4 is 5.32 Å². The van der Waals surface area contributed by atoms with Crippen molar-refractivity contribution in [3.05, 3.63) is 0 Å². The van der Waals surface area contributed by atoms with E-state index in [2.05, 4.69) is 14.8 Å². The Labute approximate surface area is 377 Å². The Morgan fingerprint density at radius 1 is 0.562 bits per heavy atom. The van der Waals surface area contributed by atoms with Crippen molar-refractivity contribution < 1.29 is 63.8 Å². The Balaban J connectivity index is 0.000000252. The summed E-state index contributed by atoms with van der Waals surface area (Å²) in [6, 6.07) is -0.646. The lowest BCUT2D eigenvalue weighted by molar-refractivity contribution is -0.174. The Kier molecular flexibility index (Phi) is 22.3. The average molecular weight is 911 g/mol. The number of aliphatic carboxylic acids is 2. The van der Waals surface area contributed by atoms with E-state index in [9.17, 15) is 53.0 Å². The number of morpholine rings is 2. The van der Waals surface area contributed by atoms with Gasteiger partial charge >= 0.3 is 35.8 Å². The van der Waals surface area contributed by atoms with E-state index in [-0.39, 0.29) is 88.3 Å². The van der Waals surface area contributed by atoms with Gasteiger partial charge in [0.2, 0.25) is 11.8 Å². The number of alkyl halides is 1. The van der Waals surface area contributed by atoms with Crippen molar-refractivity contribution in [2.45, 2.75) is 133 Å². The van der Waals surface area contributed by atoms with E-state index in [1.54, 1.807) is 9.80 Å². The van der Waals surface area contributed by atoms with Crippen molar-refractivity contribution in [2.24, 2.45) is 0 Å². The number of cyclic esters (lactones) is 4. The Bertz CT molecular complexity index is 1430. The van der Waals surface area contributed by atoms with E-state index in [4.69, 9.17) is 1.37 Å². The lowest BCUT2D eigenvalue weighted by Gasteiger charge is -2.45. The molecule has 64 heavy (non-hydrogen) atoms. The van der Waals surface area contributed by atoms with Crippen LogP contribution in [0.5, 0.6) is 0 Å². The number of esters is 4. The maximum atomic E-state index is 13.0. The zero-order chi connectivity index (χ0) is 47.1. The summed E-state index contributed by atoms with van der Waals surface area (Å²) >= 11 is 0. The first-order chi connectivity index (χ1) is 31.3. The summed E-state index contributed by atoms with van der Waals surface area (Å²) in [5.41, 5.74) is 0. The molecule has 4 unspecified atom stereocenters. The second-order valence-electron chi connectivity index (χ2n) is 17.6. The van der Waals surface area contributed by atoms with Crippen molar-refractivity contribution in [3.8, 4) is 0 Å². The van der Waals surface area contributed by atoms with Gasteiger partial charge in [-0.1, -0.05) is 32.1 Å². The number of carbonyl (C=O) groups excluding carboxylic acids is 6. The Morgan fingerprint density at radius 2 is 0.891 bits per heavy atom. The van der Waals surface area contributed by atoms with Crippen LogP contribution in [0, 0.1) is 0 Å². The number of likely N-dealkylation sites (tertiary alicyclic amines) is 2. The number of hydrogen-bond acceptors (Lipinski definition) is 15. The predicted octanol–water partition coefficient (Wildman–Crippen LogP) is 1.51. The molecule has 5 heterocycles. The van der Waals surface area contributed by atoms with Crippen molar-refractivity contribution in [3.63, 3.8) is 0 Å². The zero-order valence-electron chi connectivity index (χ0n) is 38.5. The number of piperidine rings is 3. The number of halogens is 1. The molecule has 7 rings (SSSR count). The molecule has 0 aromatic rings. The van der Waals surface area contributed by atoms with Gasteiger partial charge in [-0.15, -0.1) is 0 Å². The van der Waals surface area contributed by atoms with E-state index < -0.39 is 43.0 Å². The van der Waals surface area contributed by atoms with Crippen molar-refractivity contribution in [1.29, 1.82) is 0 Å². The number of rotatable bonds is 12. The number of nitrogens with one attached hydrogen (secondary N) is 1. The molecule has 7 fully saturated rings. The quantitative estimate of drug-likeness (QED) is 0.186. The molecule has 5 aliphatic heterocycles. The van der Waals surface area contributed by atoms with Gasteiger partial charge in [-0.05, 0) is 90.1 Å². The lowest BCUT2D eigenvalue weighted by atomic mass is 9.87. The number of carboxylic acids is 2. The van der Waals surface area contributed by atoms with Crippen LogP contribution in [-0.4, -0.2) is 210 Å². The largest absolute Gasteiger partial charge is 0.480 e. The molecule has 0 bridgehead atoms. The van der Waals surface area contributed by atoms with E-state index in [0.29, 0.717) is 39.0 Å². The number of carbonyl (C=O) groups is 8.